The van der Waals surface area contributed by atoms with Gasteiger partial charge in [-0.3, -0.25) is 4.79 Å². The average Bonchev–Trinajstić information content (AvgIpc) is 3.20. The van der Waals surface area contributed by atoms with Crippen molar-refractivity contribution in [2.75, 3.05) is 24.8 Å². The van der Waals surface area contributed by atoms with Crippen LogP contribution in [0.25, 0.3) is 11.5 Å². The third-order valence-electron chi connectivity index (χ3n) is 4.15. The molecule has 144 valence electrons. The van der Waals surface area contributed by atoms with Crippen LogP contribution < -0.4 is 4.90 Å². The number of methoxy groups -OCH3 is 1. The lowest BCUT2D eigenvalue weighted by Gasteiger charge is -2.19. The van der Waals surface area contributed by atoms with Crippen molar-refractivity contribution in [3.05, 3.63) is 59.7 Å². The van der Waals surface area contributed by atoms with E-state index in [0.29, 0.717) is 22.4 Å². The number of aryl methyl sites for hydroxylation is 1. The Balaban J connectivity index is 1.68. The standard InChI is InChI=1S/C20H19N3O4S/c1-13-8-4-5-9-14(13)18-21-22-20(27-18)28-12-17(24)23(2)16-11-7-6-10-15(16)19(25)26-3/h4-11H,12H2,1-3H3. The number of ether oxygens (including phenoxy) is 1. The summed E-state index contributed by atoms with van der Waals surface area (Å²) < 4.78 is 10.4. The van der Waals surface area contributed by atoms with Gasteiger partial charge in [0.1, 0.15) is 0 Å². The number of benzene rings is 2. The number of anilines is 1. The van der Waals surface area contributed by atoms with Crippen molar-refractivity contribution in [2.24, 2.45) is 0 Å². The second-order valence-corrected chi connectivity index (χ2v) is 6.86. The molecule has 0 saturated carbocycles. The van der Waals surface area contributed by atoms with Crippen LogP contribution in [0, 0.1) is 6.92 Å². The average molecular weight is 397 g/mol. The highest BCUT2D eigenvalue weighted by Gasteiger charge is 2.20. The molecule has 0 spiro atoms. The first-order chi connectivity index (χ1) is 13.5. The largest absolute Gasteiger partial charge is 0.465 e. The van der Waals surface area contributed by atoms with Gasteiger partial charge in [0.05, 0.1) is 24.1 Å². The molecule has 7 nitrogen and oxygen atoms in total. The number of hydrogen-bond donors (Lipinski definition) is 0. The van der Waals surface area contributed by atoms with Crippen LogP contribution in [0.15, 0.2) is 58.2 Å². The summed E-state index contributed by atoms with van der Waals surface area (Å²) in [7, 11) is 2.91. The zero-order valence-corrected chi connectivity index (χ0v) is 16.5. The fourth-order valence-electron chi connectivity index (χ4n) is 2.59. The van der Waals surface area contributed by atoms with E-state index < -0.39 is 5.97 Å². The Bertz CT molecular complexity index is 1000. The first kappa shape index (κ1) is 19.6. The van der Waals surface area contributed by atoms with Gasteiger partial charge in [0.15, 0.2) is 0 Å². The molecule has 3 aromatic rings. The van der Waals surface area contributed by atoms with E-state index in [0.717, 1.165) is 22.9 Å². The number of carbonyl (C=O) groups is 2. The van der Waals surface area contributed by atoms with Gasteiger partial charge in [0, 0.05) is 12.6 Å². The summed E-state index contributed by atoms with van der Waals surface area (Å²) in [5, 5.41) is 8.36. The molecule has 0 N–H and O–H groups in total. The van der Waals surface area contributed by atoms with Gasteiger partial charge in [-0.05, 0) is 30.7 Å². The van der Waals surface area contributed by atoms with E-state index in [4.69, 9.17) is 9.15 Å². The highest BCUT2D eigenvalue weighted by atomic mass is 32.2. The van der Waals surface area contributed by atoms with E-state index in [2.05, 4.69) is 10.2 Å². The Hall–Kier alpha value is -3.13. The summed E-state index contributed by atoms with van der Waals surface area (Å²) in [4.78, 5) is 25.9. The van der Waals surface area contributed by atoms with Crippen molar-refractivity contribution in [1.29, 1.82) is 0 Å². The van der Waals surface area contributed by atoms with Crippen LogP contribution in [0.2, 0.25) is 0 Å². The minimum absolute atomic E-state index is 0.0847. The number of para-hydroxylation sites is 1. The molecule has 0 radical (unpaired) electrons. The van der Waals surface area contributed by atoms with E-state index in [1.807, 2.05) is 31.2 Å². The molecule has 3 rings (SSSR count). The third kappa shape index (κ3) is 4.23. The predicted octanol–water partition coefficient (Wildman–Crippen LogP) is 3.59. The molecular weight excluding hydrogens is 378 g/mol. The fourth-order valence-corrected chi connectivity index (χ4v) is 3.27. The molecule has 1 aromatic heterocycles. The first-order valence-electron chi connectivity index (χ1n) is 8.47. The minimum Gasteiger partial charge on any atom is -0.465 e. The summed E-state index contributed by atoms with van der Waals surface area (Å²) in [6, 6.07) is 14.5. The van der Waals surface area contributed by atoms with E-state index in [1.165, 1.54) is 12.0 Å². The molecule has 0 aliphatic heterocycles. The molecule has 0 unspecified atom stereocenters. The fraction of sp³-hybridized carbons (Fsp3) is 0.200. The summed E-state index contributed by atoms with van der Waals surface area (Å²) in [6.07, 6.45) is 0. The third-order valence-corrected chi connectivity index (χ3v) is 4.95. The number of thioether (sulfide) groups is 1. The quantitative estimate of drug-likeness (QED) is 0.464. The molecule has 28 heavy (non-hydrogen) atoms. The van der Waals surface area contributed by atoms with Crippen LogP contribution >= 0.6 is 11.8 Å². The maximum atomic E-state index is 12.6. The minimum atomic E-state index is -0.498. The van der Waals surface area contributed by atoms with Gasteiger partial charge in [-0.2, -0.15) is 0 Å². The molecule has 0 atom stereocenters. The maximum absolute atomic E-state index is 12.6. The summed E-state index contributed by atoms with van der Waals surface area (Å²) in [5.41, 5.74) is 2.69. The lowest BCUT2D eigenvalue weighted by Crippen LogP contribution is -2.29. The van der Waals surface area contributed by atoms with Crippen molar-refractivity contribution in [2.45, 2.75) is 12.1 Å². The van der Waals surface area contributed by atoms with Crippen LogP contribution in [0.3, 0.4) is 0 Å². The van der Waals surface area contributed by atoms with Crippen molar-refractivity contribution in [3.8, 4) is 11.5 Å². The Morgan fingerprint density at radius 1 is 1.11 bits per heavy atom. The zero-order valence-electron chi connectivity index (χ0n) is 15.7. The molecular formula is C20H19N3O4S. The van der Waals surface area contributed by atoms with Crippen LogP contribution in [-0.2, 0) is 9.53 Å². The number of hydrogen-bond acceptors (Lipinski definition) is 7. The van der Waals surface area contributed by atoms with E-state index in [1.54, 1.807) is 31.3 Å². The van der Waals surface area contributed by atoms with Gasteiger partial charge in [-0.15, -0.1) is 10.2 Å². The van der Waals surface area contributed by atoms with Crippen LogP contribution in [-0.4, -0.2) is 42.0 Å². The van der Waals surface area contributed by atoms with E-state index >= 15 is 0 Å². The molecule has 0 fully saturated rings. The smallest absolute Gasteiger partial charge is 0.339 e. The lowest BCUT2D eigenvalue weighted by atomic mass is 10.1. The van der Waals surface area contributed by atoms with Crippen molar-refractivity contribution >= 4 is 29.3 Å². The number of carbonyl (C=O) groups excluding carboxylic acids is 2. The first-order valence-corrected chi connectivity index (χ1v) is 9.46. The Morgan fingerprint density at radius 3 is 2.57 bits per heavy atom. The van der Waals surface area contributed by atoms with E-state index in [-0.39, 0.29) is 11.7 Å². The van der Waals surface area contributed by atoms with Gasteiger partial charge < -0.3 is 14.1 Å². The number of esters is 1. The van der Waals surface area contributed by atoms with Gasteiger partial charge in [0.2, 0.25) is 11.8 Å². The molecule has 8 heteroatoms. The normalized spacial score (nSPS) is 10.5. The van der Waals surface area contributed by atoms with Crippen molar-refractivity contribution in [1.82, 2.24) is 10.2 Å². The molecule has 0 bridgehead atoms. The molecule has 0 aliphatic rings. The number of aromatic nitrogens is 2. The zero-order chi connectivity index (χ0) is 20.1. The maximum Gasteiger partial charge on any atom is 0.339 e. The highest BCUT2D eigenvalue weighted by molar-refractivity contribution is 7.99. The number of amides is 1. The van der Waals surface area contributed by atoms with E-state index in [9.17, 15) is 9.59 Å². The Morgan fingerprint density at radius 2 is 1.82 bits per heavy atom. The SMILES string of the molecule is COC(=O)c1ccccc1N(C)C(=O)CSc1nnc(-c2ccccc2C)o1. The summed E-state index contributed by atoms with van der Waals surface area (Å²) in [5.74, 6) is -0.210. The molecule has 0 saturated heterocycles. The predicted molar refractivity (Wildman–Crippen MR) is 106 cm³/mol. The number of rotatable bonds is 6. The van der Waals surface area contributed by atoms with Crippen LogP contribution in [0.1, 0.15) is 15.9 Å². The summed E-state index contributed by atoms with van der Waals surface area (Å²) >= 11 is 1.15. The Kier molecular flexibility index (Phi) is 6.10. The lowest BCUT2D eigenvalue weighted by molar-refractivity contribution is -0.115. The van der Waals surface area contributed by atoms with Gasteiger partial charge in [0.25, 0.3) is 5.22 Å². The van der Waals surface area contributed by atoms with Crippen LogP contribution in [0.5, 0.6) is 0 Å². The second-order valence-electron chi connectivity index (χ2n) is 5.94. The van der Waals surface area contributed by atoms with Gasteiger partial charge in [-0.25, -0.2) is 4.79 Å². The van der Waals surface area contributed by atoms with Gasteiger partial charge >= 0.3 is 5.97 Å². The molecule has 1 heterocycles. The van der Waals surface area contributed by atoms with Crippen molar-refractivity contribution < 1.29 is 18.7 Å². The molecule has 2 aromatic carbocycles. The summed E-state index contributed by atoms with van der Waals surface area (Å²) in [6.45, 7) is 1.96. The molecule has 0 aliphatic carbocycles. The van der Waals surface area contributed by atoms with Crippen molar-refractivity contribution in [3.63, 3.8) is 0 Å². The second kappa shape index (κ2) is 8.71. The molecule has 1 amide bonds. The Labute approximate surface area is 166 Å². The highest BCUT2D eigenvalue weighted by Crippen LogP contribution is 2.26. The monoisotopic (exact) mass is 397 g/mol. The van der Waals surface area contributed by atoms with Gasteiger partial charge in [-0.1, -0.05) is 42.1 Å². The topological polar surface area (TPSA) is 85.5 Å². The number of nitrogens with zero attached hydrogens (tertiary/aromatic N) is 3. The van der Waals surface area contributed by atoms with Crippen LogP contribution in [0.4, 0.5) is 5.69 Å².